The highest BCUT2D eigenvalue weighted by Crippen LogP contribution is 2.36. The molecule has 1 aliphatic heterocycles. The number of hydrogen-bond acceptors (Lipinski definition) is 4. The van der Waals surface area contributed by atoms with Crippen LogP contribution in [0, 0.1) is 23.2 Å². The Morgan fingerprint density at radius 3 is 2.71 bits per heavy atom. The van der Waals surface area contributed by atoms with E-state index in [0.717, 1.165) is 25.7 Å². The summed E-state index contributed by atoms with van der Waals surface area (Å²) in [5.74, 6) is 0.440. The van der Waals surface area contributed by atoms with Gasteiger partial charge in [0.25, 0.3) is 0 Å². The molecule has 0 aromatic carbocycles. The summed E-state index contributed by atoms with van der Waals surface area (Å²) in [6.45, 7) is 0. The third kappa shape index (κ3) is 1.78. The average molecular weight is 194 g/mol. The Labute approximate surface area is 84.1 Å². The van der Waals surface area contributed by atoms with Crippen molar-refractivity contribution in [2.45, 2.75) is 37.7 Å². The van der Waals surface area contributed by atoms with Crippen molar-refractivity contribution in [1.82, 2.24) is 5.32 Å². The second kappa shape index (κ2) is 3.89. The Hall–Kier alpha value is -0.565. The standard InChI is InChI=1S/C9H15BN2O2/c11-5-6-1-2-8-7(3-6)4-9(12-8)10(13)14/h6-9,12-14H,1-4H2. The van der Waals surface area contributed by atoms with Crippen molar-refractivity contribution in [3.63, 3.8) is 0 Å². The highest BCUT2D eigenvalue weighted by Gasteiger charge is 2.42. The molecular formula is C9H15BN2O2. The Bertz CT molecular complexity index is 254. The first kappa shape index (κ1) is 9.97. The van der Waals surface area contributed by atoms with Crippen molar-refractivity contribution < 1.29 is 10.0 Å². The molecule has 4 atom stereocenters. The summed E-state index contributed by atoms with van der Waals surface area (Å²) >= 11 is 0. The maximum Gasteiger partial charge on any atom is 0.469 e. The van der Waals surface area contributed by atoms with E-state index >= 15 is 0 Å². The Morgan fingerprint density at radius 2 is 2.07 bits per heavy atom. The molecule has 5 heteroatoms. The first-order valence-electron chi connectivity index (χ1n) is 5.22. The van der Waals surface area contributed by atoms with Crippen molar-refractivity contribution in [2.24, 2.45) is 11.8 Å². The van der Waals surface area contributed by atoms with Gasteiger partial charge in [-0.25, -0.2) is 0 Å². The van der Waals surface area contributed by atoms with Gasteiger partial charge in [-0.05, 0) is 31.6 Å². The molecule has 4 unspecified atom stereocenters. The molecule has 0 radical (unpaired) electrons. The summed E-state index contributed by atoms with van der Waals surface area (Å²) in [5.41, 5.74) is 0. The summed E-state index contributed by atoms with van der Waals surface area (Å²) < 4.78 is 0. The van der Waals surface area contributed by atoms with Gasteiger partial charge in [0.05, 0.1) is 6.07 Å². The van der Waals surface area contributed by atoms with Crippen LogP contribution in [0.2, 0.25) is 0 Å². The maximum atomic E-state index is 9.05. The lowest BCUT2D eigenvalue weighted by atomic mass is 9.74. The van der Waals surface area contributed by atoms with Crippen LogP contribution in [0.3, 0.4) is 0 Å². The molecule has 1 aliphatic carbocycles. The molecule has 4 nitrogen and oxygen atoms in total. The number of nitrogens with zero attached hydrogens (tertiary/aromatic N) is 1. The average Bonchev–Trinajstić information content (AvgIpc) is 2.59. The van der Waals surface area contributed by atoms with E-state index in [1.165, 1.54) is 0 Å². The number of hydrogen-bond donors (Lipinski definition) is 3. The molecule has 2 rings (SSSR count). The van der Waals surface area contributed by atoms with E-state index in [9.17, 15) is 0 Å². The predicted octanol–water partition coefficient (Wildman–Crippen LogP) is -0.331. The van der Waals surface area contributed by atoms with E-state index in [0.29, 0.717) is 12.0 Å². The van der Waals surface area contributed by atoms with E-state index in [2.05, 4.69) is 11.4 Å². The Kier molecular flexibility index (Phi) is 2.77. The predicted molar refractivity (Wildman–Crippen MR) is 52.0 cm³/mol. The molecule has 0 amide bonds. The SMILES string of the molecule is N#CC1CCC2NC(B(O)O)CC2C1. The van der Waals surface area contributed by atoms with Gasteiger partial charge in [0.2, 0.25) is 0 Å². The Morgan fingerprint density at radius 1 is 1.29 bits per heavy atom. The van der Waals surface area contributed by atoms with Gasteiger partial charge >= 0.3 is 7.12 Å². The fourth-order valence-electron chi connectivity index (χ4n) is 2.74. The van der Waals surface area contributed by atoms with Crippen LogP contribution in [0.4, 0.5) is 0 Å². The molecule has 1 saturated heterocycles. The van der Waals surface area contributed by atoms with Crippen LogP contribution >= 0.6 is 0 Å². The minimum Gasteiger partial charge on any atom is -0.426 e. The van der Waals surface area contributed by atoms with Crippen molar-refractivity contribution in [3.05, 3.63) is 0 Å². The van der Waals surface area contributed by atoms with Gasteiger partial charge in [-0.2, -0.15) is 5.26 Å². The fraction of sp³-hybridized carbons (Fsp3) is 0.889. The van der Waals surface area contributed by atoms with Gasteiger partial charge in [-0.15, -0.1) is 0 Å². The Balaban J connectivity index is 1.95. The fourth-order valence-corrected chi connectivity index (χ4v) is 2.74. The maximum absolute atomic E-state index is 9.05. The normalized spacial score (nSPS) is 41.5. The lowest BCUT2D eigenvalue weighted by molar-refractivity contribution is 0.283. The lowest BCUT2D eigenvalue weighted by Gasteiger charge is -2.27. The van der Waals surface area contributed by atoms with E-state index in [1.54, 1.807) is 0 Å². The zero-order valence-corrected chi connectivity index (χ0v) is 8.06. The molecule has 14 heavy (non-hydrogen) atoms. The van der Waals surface area contributed by atoms with Crippen molar-refractivity contribution in [3.8, 4) is 6.07 Å². The molecule has 3 N–H and O–H groups in total. The molecule has 0 aromatic rings. The van der Waals surface area contributed by atoms with E-state index in [4.69, 9.17) is 15.3 Å². The van der Waals surface area contributed by atoms with Crippen molar-refractivity contribution in [2.75, 3.05) is 0 Å². The summed E-state index contributed by atoms with van der Waals surface area (Å²) in [7, 11) is -1.26. The number of fused-ring (bicyclic) bond motifs is 1. The topological polar surface area (TPSA) is 76.3 Å². The highest BCUT2D eigenvalue weighted by atomic mass is 16.4. The minimum atomic E-state index is -1.26. The third-order valence-electron chi connectivity index (χ3n) is 3.51. The van der Waals surface area contributed by atoms with Gasteiger partial charge in [0.15, 0.2) is 0 Å². The largest absolute Gasteiger partial charge is 0.469 e. The second-order valence-corrected chi connectivity index (χ2v) is 4.43. The number of rotatable bonds is 1. The molecule has 1 saturated carbocycles. The summed E-state index contributed by atoms with van der Waals surface area (Å²) in [4.78, 5) is 0. The molecule has 2 fully saturated rings. The van der Waals surface area contributed by atoms with Crippen molar-refractivity contribution >= 4 is 7.12 Å². The molecular weight excluding hydrogens is 179 g/mol. The van der Waals surface area contributed by atoms with E-state index < -0.39 is 7.12 Å². The van der Waals surface area contributed by atoms with Crippen LogP contribution < -0.4 is 5.32 Å². The number of nitriles is 1. The first-order chi connectivity index (χ1) is 6.70. The molecule has 0 bridgehead atoms. The first-order valence-corrected chi connectivity index (χ1v) is 5.22. The van der Waals surface area contributed by atoms with E-state index in [1.807, 2.05) is 0 Å². The van der Waals surface area contributed by atoms with Gasteiger partial charge in [0.1, 0.15) is 0 Å². The minimum absolute atomic E-state index is 0.174. The number of nitrogens with one attached hydrogen (secondary N) is 1. The zero-order valence-electron chi connectivity index (χ0n) is 8.06. The molecule has 0 aromatic heterocycles. The molecule has 0 spiro atoms. The summed E-state index contributed by atoms with van der Waals surface area (Å²) in [6.07, 6.45) is 3.64. The summed E-state index contributed by atoms with van der Waals surface area (Å²) in [5, 5.41) is 30.1. The monoisotopic (exact) mass is 194 g/mol. The van der Waals surface area contributed by atoms with Crippen LogP contribution in [-0.4, -0.2) is 29.1 Å². The van der Waals surface area contributed by atoms with Crippen LogP contribution in [0.15, 0.2) is 0 Å². The molecule has 1 heterocycles. The highest BCUT2D eigenvalue weighted by molar-refractivity contribution is 6.43. The quantitative estimate of drug-likeness (QED) is 0.499. The van der Waals surface area contributed by atoms with Crippen molar-refractivity contribution in [1.29, 1.82) is 5.26 Å². The third-order valence-corrected chi connectivity index (χ3v) is 3.51. The molecule has 76 valence electrons. The summed E-state index contributed by atoms with van der Waals surface area (Å²) in [6, 6.07) is 2.70. The van der Waals surface area contributed by atoms with Gasteiger partial charge in [0, 0.05) is 17.9 Å². The molecule has 2 aliphatic rings. The van der Waals surface area contributed by atoms with Gasteiger partial charge in [-0.1, -0.05) is 0 Å². The second-order valence-electron chi connectivity index (χ2n) is 4.43. The lowest BCUT2D eigenvalue weighted by Crippen LogP contribution is -2.42. The van der Waals surface area contributed by atoms with Crippen LogP contribution in [0.25, 0.3) is 0 Å². The van der Waals surface area contributed by atoms with E-state index in [-0.39, 0.29) is 11.9 Å². The van der Waals surface area contributed by atoms with Crippen LogP contribution in [0.5, 0.6) is 0 Å². The van der Waals surface area contributed by atoms with Crippen LogP contribution in [-0.2, 0) is 0 Å². The van der Waals surface area contributed by atoms with Gasteiger partial charge in [-0.3, -0.25) is 0 Å². The van der Waals surface area contributed by atoms with Crippen LogP contribution in [0.1, 0.15) is 25.7 Å². The zero-order chi connectivity index (χ0) is 10.1. The van der Waals surface area contributed by atoms with Gasteiger partial charge < -0.3 is 15.4 Å². The smallest absolute Gasteiger partial charge is 0.426 e.